The fraction of sp³-hybridized carbons (Fsp3) is 0.208. The van der Waals surface area contributed by atoms with Crippen LogP contribution in [0.5, 0.6) is 11.5 Å². The molecule has 1 aliphatic heterocycles. The van der Waals surface area contributed by atoms with Crippen LogP contribution in [0.15, 0.2) is 67.3 Å². The summed E-state index contributed by atoms with van der Waals surface area (Å²) in [6.07, 6.45) is 3.80. The van der Waals surface area contributed by atoms with Gasteiger partial charge in [0.15, 0.2) is 0 Å². The van der Waals surface area contributed by atoms with Crippen LogP contribution in [0.2, 0.25) is 0 Å². The van der Waals surface area contributed by atoms with Gasteiger partial charge in [-0.3, -0.25) is 9.59 Å². The van der Waals surface area contributed by atoms with Crippen molar-refractivity contribution in [2.24, 2.45) is 5.73 Å². The van der Waals surface area contributed by atoms with Gasteiger partial charge in [-0.25, -0.2) is 4.98 Å². The van der Waals surface area contributed by atoms with Crippen LogP contribution in [0.3, 0.4) is 0 Å². The number of nitrogens with two attached hydrogens (primary N) is 1. The minimum atomic E-state index is -0.506. The molecule has 0 saturated carbocycles. The van der Waals surface area contributed by atoms with Crippen molar-refractivity contribution in [2.45, 2.75) is 25.3 Å². The van der Waals surface area contributed by atoms with Gasteiger partial charge in [0.2, 0.25) is 5.91 Å². The molecule has 7 heteroatoms. The van der Waals surface area contributed by atoms with Crippen molar-refractivity contribution in [3.05, 3.63) is 77.1 Å². The first-order chi connectivity index (χ1) is 15.0. The molecular formula is C24H23N3O3S. The highest BCUT2D eigenvalue weighted by molar-refractivity contribution is 7.14. The van der Waals surface area contributed by atoms with Crippen molar-refractivity contribution in [3.8, 4) is 22.8 Å². The Morgan fingerprint density at radius 2 is 1.87 bits per heavy atom. The van der Waals surface area contributed by atoms with Gasteiger partial charge in [-0.1, -0.05) is 24.8 Å². The maximum atomic E-state index is 12.1. The number of likely N-dealkylation sites (tertiary alicyclic amines) is 1. The molecular weight excluding hydrogens is 410 g/mol. The molecule has 31 heavy (non-hydrogen) atoms. The molecule has 2 N–H and O–H groups in total. The predicted molar refractivity (Wildman–Crippen MR) is 121 cm³/mol. The van der Waals surface area contributed by atoms with Gasteiger partial charge in [0.25, 0.3) is 5.91 Å². The standard InChI is InChI=1S/C24H23N3O3S/c1-2-21(28)27-14-6-7-17(27)15-20-26-22(23(31-20)24(25)29)16-10-12-19(13-11-16)30-18-8-4-3-5-9-18/h2-5,8-13,17H,1,6-7,14-15H2,(H2,25,29)/t17-/m0/s1. The lowest BCUT2D eigenvalue weighted by atomic mass is 10.1. The third-order valence-electron chi connectivity index (χ3n) is 5.25. The molecule has 3 aromatic rings. The number of benzene rings is 2. The Labute approximate surface area is 185 Å². The van der Waals surface area contributed by atoms with Crippen LogP contribution in [-0.4, -0.2) is 34.3 Å². The van der Waals surface area contributed by atoms with Crippen LogP contribution < -0.4 is 10.5 Å². The second-order valence-corrected chi connectivity index (χ2v) is 8.41. The van der Waals surface area contributed by atoms with E-state index in [-0.39, 0.29) is 11.9 Å². The topological polar surface area (TPSA) is 85.5 Å². The summed E-state index contributed by atoms with van der Waals surface area (Å²) in [5.41, 5.74) is 6.99. The highest BCUT2D eigenvalue weighted by Crippen LogP contribution is 2.32. The SMILES string of the molecule is C=CC(=O)N1CCC[C@H]1Cc1nc(-c2ccc(Oc3ccccc3)cc2)c(C(N)=O)s1. The molecule has 1 aromatic heterocycles. The second-order valence-electron chi connectivity index (χ2n) is 7.33. The van der Waals surface area contributed by atoms with E-state index in [4.69, 9.17) is 15.5 Å². The number of thiazole rings is 1. The summed E-state index contributed by atoms with van der Waals surface area (Å²) in [5, 5.41) is 0.794. The number of hydrogen-bond acceptors (Lipinski definition) is 5. The Morgan fingerprint density at radius 1 is 1.16 bits per heavy atom. The molecule has 1 saturated heterocycles. The monoisotopic (exact) mass is 433 g/mol. The Hall–Kier alpha value is -3.45. The van der Waals surface area contributed by atoms with Gasteiger partial charge in [-0.15, -0.1) is 11.3 Å². The summed E-state index contributed by atoms with van der Waals surface area (Å²) in [4.78, 5) is 31.1. The van der Waals surface area contributed by atoms with Crippen molar-refractivity contribution in [3.63, 3.8) is 0 Å². The summed E-state index contributed by atoms with van der Waals surface area (Å²) < 4.78 is 5.83. The average molecular weight is 434 g/mol. The minimum Gasteiger partial charge on any atom is -0.457 e. The first-order valence-electron chi connectivity index (χ1n) is 10.1. The van der Waals surface area contributed by atoms with E-state index in [1.165, 1.54) is 17.4 Å². The van der Waals surface area contributed by atoms with Gasteiger partial charge >= 0.3 is 0 Å². The molecule has 6 nitrogen and oxygen atoms in total. The van der Waals surface area contributed by atoms with Crippen LogP contribution in [0.25, 0.3) is 11.3 Å². The summed E-state index contributed by atoms with van der Waals surface area (Å²) >= 11 is 1.30. The highest BCUT2D eigenvalue weighted by Gasteiger charge is 2.29. The number of nitrogens with zero attached hydrogens (tertiary/aromatic N) is 2. The number of amides is 2. The van der Waals surface area contributed by atoms with E-state index >= 15 is 0 Å². The Kier molecular flexibility index (Phi) is 6.13. The maximum Gasteiger partial charge on any atom is 0.261 e. The number of rotatable bonds is 7. The number of aromatic nitrogens is 1. The van der Waals surface area contributed by atoms with Crippen molar-refractivity contribution in [2.75, 3.05) is 6.54 Å². The number of carbonyl (C=O) groups excluding carboxylic acids is 2. The number of para-hydroxylation sites is 1. The molecule has 1 aliphatic rings. The average Bonchev–Trinajstić information content (AvgIpc) is 3.42. The zero-order valence-corrected chi connectivity index (χ0v) is 17.8. The highest BCUT2D eigenvalue weighted by atomic mass is 32.1. The molecule has 158 valence electrons. The normalized spacial score (nSPS) is 15.6. The van der Waals surface area contributed by atoms with E-state index in [0.717, 1.165) is 35.7 Å². The fourth-order valence-electron chi connectivity index (χ4n) is 3.78. The van der Waals surface area contributed by atoms with E-state index in [1.54, 1.807) is 0 Å². The van der Waals surface area contributed by atoms with Gasteiger partial charge in [0.05, 0.1) is 10.7 Å². The quantitative estimate of drug-likeness (QED) is 0.559. The van der Waals surface area contributed by atoms with Crippen LogP contribution in [0.1, 0.15) is 27.5 Å². The Morgan fingerprint density at radius 3 is 2.55 bits per heavy atom. The van der Waals surface area contributed by atoms with Gasteiger partial charge < -0.3 is 15.4 Å². The van der Waals surface area contributed by atoms with Crippen molar-refractivity contribution in [1.82, 2.24) is 9.88 Å². The van der Waals surface area contributed by atoms with Crippen LogP contribution in [-0.2, 0) is 11.2 Å². The molecule has 2 aromatic carbocycles. The largest absolute Gasteiger partial charge is 0.457 e. The molecule has 1 fully saturated rings. The zero-order valence-electron chi connectivity index (χ0n) is 17.0. The van der Waals surface area contributed by atoms with E-state index in [9.17, 15) is 9.59 Å². The summed E-state index contributed by atoms with van der Waals surface area (Å²) in [5.74, 6) is 0.868. The third kappa shape index (κ3) is 4.67. The lowest BCUT2D eigenvalue weighted by molar-refractivity contribution is -0.126. The number of hydrogen-bond donors (Lipinski definition) is 1. The lowest BCUT2D eigenvalue weighted by Crippen LogP contribution is -2.35. The molecule has 4 rings (SSSR count). The Balaban J connectivity index is 1.55. The molecule has 0 aliphatic carbocycles. The van der Waals surface area contributed by atoms with Gasteiger partial charge in [0.1, 0.15) is 16.4 Å². The molecule has 0 spiro atoms. The molecule has 0 radical (unpaired) electrons. The molecule has 0 unspecified atom stereocenters. The van der Waals surface area contributed by atoms with Crippen molar-refractivity contribution < 1.29 is 14.3 Å². The maximum absolute atomic E-state index is 12.1. The van der Waals surface area contributed by atoms with E-state index in [1.807, 2.05) is 59.5 Å². The first-order valence-corrected chi connectivity index (χ1v) is 10.9. The van der Waals surface area contributed by atoms with Crippen molar-refractivity contribution >= 4 is 23.2 Å². The molecule has 0 bridgehead atoms. The second kappa shape index (κ2) is 9.14. The Bertz CT molecular complexity index is 1090. The minimum absolute atomic E-state index is 0.0619. The number of primary amides is 1. The first kappa shape index (κ1) is 20.8. The smallest absolute Gasteiger partial charge is 0.261 e. The number of ether oxygens (including phenoxy) is 1. The van der Waals surface area contributed by atoms with E-state index < -0.39 is 5.91 Å². The van der Waals surface area contributed by atoms with Crippen LogP contribution >= 0.6 is 11.3 Å². The van der Waals surface area contributed by atoms with Gasteiger partial charge in [-0.05, 0) is 55.3 Å². The zero-order chi connectivity index (χ0) is 21.8. The number of carbonyl (C=O) groups is 2. The molecule has 2 amide bonds. The fourth-order valence-corrected chi connectivity index (χ4v) is 4.79. The van der Waals surface area contributed by atoms with Crippen LogP contribution in [0, 0.1) is 0 Å². The van der Waals surface area contributed by atoms with Crippen LogP contribution in [0.4, 0.5) is 0 Å². The van der Waals surface area contributed by atoms with Gasteiger partial charge in [-0.2, -0.15) is 0 Å². The molecule has 1 atom stereocenters. The summed E-state index contributed by atoms with van der Waals surface area (Å²) in [6.45, 7) is 4.31. The van der Waals surface area contributed by atoms with Crippen molar-refractivity contribution in [1.29, 1.82) is 0 Å². The molecule has 2 heterocycles. The van der Waals surface area contributed by atoms with E-state index in [0.29, 0.717) is 22.7 Å². The van der Waals surface area contributed by atoms with E-state index in [2.05, 4.69) is 6.58 Å². The predicted octanol–water partition coefficient (Wildman–Crippen LogP) is 4.42. The van der Waals surface area contributed by atoms with Gasteiger partial charge in [0, 0.05) is 24.6 Å². The summed E-state index contributed by atoms with van der Waals surface area (Å²) in [7, 11) is 0. The summed E-state index contributed by atoms with van der Waals surface area (Å²) in [6, 6.07) is 17.0. The third-order valence-corrected chi connectivity index (χ3v) is 6.34. The lowest BCUT2D eigenvalue weighted by Gasteiger charge is -2.22.